The number of hydrogen-bond acceptors (Lipinski definition) is 4. The van der Waals surface area contributed by atoms with E-state index in [-0.39, 0.29) is 24.6 Å². The number of nitrogens with one attached hydrogen (secondary N) is 1. The zero-order valence-corrected chi connectivity index (χ0v) is 9.50. The highest BCUT2D eigenvalue weighted by molar-refractivity contribution is 5.76. The van der Waals surface area contributed by atoms with Gasteiger partial charge in [0.15, 0.2) is 0 Å². The van der Waals surface area contributed by atoms with Crippen molar-refractivity contribution in [2.45, 2.75) is 44.1 Å². The lowest BCUT2D eigenvalue weighted by molar-refractivity contribution is -0.122. The summed E-state index contributed by atoms with van der Waals surface area (Å²) in [5, 5.41) is 6.98. The van der Waals surface area contributed by atoms with E-state index in [2.05, 4.69) is 10.4 Å². The summed E-state index contributed by atoms with van der Waals surface area (Å²) in [6, 6.07) is 1.85. The average Bonchev–Trinajstić information content (AvgIpc) is 2.95. The number of fused-ring (bicyclic) bond motifs is 2. The molecule has 0 radical (unpaired) electrons. The molecule has 1 amide bonds. The van der Waals surface area contributed by atoms with Crippen molar-refractivity contribution >= 4 is 11.7 Å². The van der Waals surface area contributed by atoms with Crippen LogP contribution in [-0.4, -0.2) is 33.9 Å². The van der Waals surface area contributed by atoms with Gasteiger partial charge in [-0.15, -0.1) is 0 Å². The van der Waals surface area contributed by atoms with Gasteiger partial charge in [0.2, 0.25) is 5.91 Å². The third-order valence-electron chi connectivity index (χ3n) is 3.42. The quantitative estimate of drug-likeness (QED) is 0.768. The van der Waals surface area contributed by atoms with Crippen LogP contribution in [0.3, 0.4) is 0 Å². The molecule has 1 aromatic rings. The number of nitrogens with two attached hydrogens (primary N) is 1. The van der Waals surface area contributed by atoms with Crippen LogP contribution in [0.1, 0.15) is 19.3 Å². The topological polar surface area (TPSA) is 82.2 Å². The van der Waals surface area contributed by atoms with Gasteiger partial charge in [-0.3, -0.25) is 9.48 Å². The van der Waals surface area contributed by atoms with E-state index in [0.29, 0.717) is 11.9 Å². The molecule has 92 valence electrons. The molecule has 2 aliphatic heterocycles. The van der Waals surface area contributed by atoms with E-state index < -0.39 is 0 Å². The largest absolute Gasteiger partial charge is 0.382 e. The Morgan fingerprint density at radius 1 is 1.65 bits per heavy atom. The number of anilines is 1. The lowest BCUT2D eigenvalue weighted by Crippen LogP contribution is -2.42. The summed E-state index contributed by atoms with van der Waals surface area (Å²) in [5.74, 6) is 0.398. The molecule has 6 nitrogen and oxygen atoms in total. The summed E-state index contributed by atoms with van der Waals surface area (Å²) in [6.07, 6.45) is 5.40. The lowest BCUT2D eigenvalue weighted by Gasteiger charge is -2.19. The standard InChI is InChI=1S/C11H16N4O2/c12-10-3-4-15(14-10)6-11(16)13-8-5-7-1-2-9(8)17-7/h3-4,7-9H,1-2,5-6H2,(H2,12,14)(H,13,16). The van der Waals surface area contributed by atoms with Crippen LogP contribution in [0, 0.1) is 0 Å². The molecule has 2 bridgehead atoms. The first-order chi connectivity index (χ1) is 8.20. The van der Waals surface area contributed by atoms with Crippen molar-refractivity contribution in [1.82, 2.24) is 15.1 Å². The molecule has 2 fully saturated rings. The van der Waals surface area contributed by atoms with Gasteiger partial charge in [-0.05, 0) is 25.3 Å². The first kappa shape index (κ1) is 10.6. The van der Waals surface area contributed by atoms with E-state index in [0.717, 1.165) is 19.3 Å². The van der Waals surface area contributed by atoms with E-state index in [1.807, 2.05) is 0 Å². The Labute approximate surface area is 99.1 Å². The van der Waals surface area contributed by atoms with Gasteiger partial charge in [0, 0.05) is 6.20 Å². The Hall–Kier alpha value is -1.56. The van der Waals surface area contributed by atoms with Gasteiger partial charge in [0.1, 0.15) is 12.4 Å². The molecule has 2 saturated heterocycles. The number of ether oxygens (including phenoxy) is 1. The van der Waals surface area contributed by atoms with Crippen LogP contribution < -0.4 is 11.1 Å². The summed E-state index contributed by atoms with van der Waals surface area (Å²) in [5.41, 5.74) is 5.48. The second-order valence-electron chi connectivity index (χ2n) is 4.72. The van der Waals surface area contributed by atoms with E-state index in [9.17, 15) is 4.79 Å². The van der Waals surface area contributed by atoms with Gasteiger partial charge < -0.3 is 15.8 Å². The third-order valence-corrected chi connectivity index (χ3v) is 3.42. The molecule has 3 heterocycles. The lowest BCUT2D eigenvalue weighted by atomic mass is 9.95. The van der Waals surface area contributed by atoms with Gasteiger partial charge in [0.05, 0.1) is 18.2 Å². The van der Waals surface area contributed by atoms with Crippen LogP contribution in [0.15, 0.2) is 12.3 Å². The Morgan fingerprint density at radius 3 is 3.12 bits per heavy atom. The van der Waals surface area contributed by atoms with E-state index in [1.54, 1.807) is 16.9 Å². The average molecular weight is 236 g/mol. The summed E-state index contributed by atoms with van der Waals surface area (Å²) < 4.78 is 7.22. The highest BCUT2D eigenvalue weighted by Crippen LogP contribution is 2.34. The van der Waals surface area contributed by atoms with E-state index >= 15 is 0 Å². The minimum atomic E-state index is -0.0331. The zero-order chi connectivity index (χ0) is 11.8. The van der Waals surface area contributed by atoms with Crippen molar-refractivity contribution in [1.29, 1.82) is 0 Å². The number of aromatic nitrogens is 2. The Bertz CT molecular complexity index is 431. The van der Waals surface area contributed by atoms with E-state index in [1.165, 1.54) is 0 Å². The molecule has 3 rings (SSSR count). The number of amides is 1. The van der Waals surface area contributed by atoms with Gasteiger partial charge in [-0.2, -0.15) is 5.10 Å². The zero-order valence-electron chi connectivity index (χ0n) is 9.50. The van der Waals surface area contributed by atoms with Crippen LogP contribution in [0.2, 0.25) is 0 Å². The van der Waals surface area contributed by atoms with Gasteiger partial charge in [0.25, 0.3) is 0 Å². The second-order valence-corrected chi connectivity index (χ2v) is 4.72. The fourth-order valence-corrected chi connectivity index (χ4v) is 2.65. The van der Waals surface area contributed by atoms with E-state index in [4.69, 9.17) is 10.5 Å². The predicted molar refractivity (Wildman–Crippen MR) is 61.1 cm³/mol. The summed E-state index contributed by atoms with van der Waals surface area (Å²) in [6.45, 7) is 0.213. The molecule has 1 aromatic heterocycles. The molecule has 0 saturated carbocycles. The molecule has 6 heteroatoms. The minimum Gasteiger partial charge on any atom is -0.382 e. The Balaban J connectivity index is 1.54. The molecule has 0 spiro atoms. The number of hydrogen-bond donors (Lipinski definition) is 2. The fraction of sp³-hybridized carbons (Fsp3) is 0.636. The summed E-state index contributed by atoms with van der Waals surface area (Å²) in [4.78, 5) is 11.8. The highest BCUT2D eigenvalue weighted by atomic mass is 16.5. The first-order valence-corrected chi connectivity index (χ1v) is 5.94. The molecule has 2 aliphatic rings. The molecule has 0 aliphatic carbocycles. The maximum Gasteiger partial charge on any atom is 0.242 e. The van der Waals surface area contributed by atoms with Crippen LogP contribution in [0.5, 0.6) is 0 Å². The van der Waals surface area contributed by atoms with Gasteiger partial charge >= 0.3 is 0 Å². The van der Waals surface area contributed by atoms with Crippen LogP contribution in [-0.2, 0) is 16.1 Å². The maximum absolute atomic E-state index is 11.8. The molecule has 3 atom stereocenters. The second kappa shape index (κ2) is 4.03. The number of nitrogens with zero attached hydrogens (tertiary/aromatic N) is 2. The molecule has 3 N–H and O–H groups in total. The van der Waals surface area contributed by atoms with Crippen molar-refractivity contribution < 1.29 is 9.53 Å². The minimum absolute atomic E-state index is 0.0331. The van der Waals surface area contributed by atoms with Crippen molar-refractivity contribution in [3.05, 3.63) is 12.3 Å². The molecule has 0 aromatic carbocycles. The molecule has 3 unspecified atom stereocenters. The normalized spacial score (nSPS) is 30.7. The van der Waals surface area contributed by atoms with Gasteiger partial charge in [-0.25, -0.2) is 0 Å². The summed E-state index contributed by atoms with van der Waals surface area (Å²) >= 11 is 0. The van der Waals surface area contributed by atoms with Crippen LogP contribution in [0.25, 0.3) is 0 Å². The van der Waals surface area contributed by atoms with Crippen molar-refractivity contribution in [2.75, 3.05) is 5.73 Å². The molecular formula is C11H16N4O2. The number of nitrogen functional groups attached to an aromatic ring is 1. The number of carbonyl (C=O) groups is 1. The van der Waals surface area contributed by atoms with Crippen LogP contribution in [0.4, 0.5) is 5.82 Å². The first-order valence-electron chi connectivity index (χ1n) is 5.94. The number of carbonyl (C=O) groups excluding carboxylic acids is 1. The van der Waals surface area contributed by atoms with Crippen molar-refractivity contribution in [2.24, 2.45) is 0 Å². The Kier molecular flexibility index (Phi) is 2.51. The summed E-state index contributed by atoms with van der Waals surface area (Å²) in [7, 11) is 0. The monoisotopic (exact) mass is 236 g/mol. The van der Waals surface area contributed by atoms with Crippen molar-refractivity contribution in [3.8, 4) is 0 Å². The molecule has 17 heavy (non-hydrogen) atoms. The third kappa shape index (κ3) is 2.12. The van der Waals surface area contributed by atoms with Crippen LogP contribution >= 0.6 is 0 Å². The Morgan fingerprint density at radius 2 is 2.53 bits per heavy atom. The van der Waals surface area contributed by atoms with Crippen molar-refractivity contribution in [3.63, 3.8) is 0 Å². The number of rotatable bonds is 3. The van der Waals surface area contributed by atoms with Gasteiger partial charge in [-0.1, -0.05) is 0 Å². The fourth-order valence-electron chi connectivity index (χ4n) is 2.65. The smallest absolute Gasteiger partial charge is 0.242 e. The SMILES string of the molecule is Nc1ccn(CC(=O)NC2CC3CCC2O3)n1. The maximum atomic E-state index is 11.8. The predicted octanol–water partition coefficient (Wildman–Crippen LogP) is -0.0986. The highest BCUT2D eigenvalue weighted by Gasteiger charge is 2.41. The molecular weight excluding hydrogens is 220 g/mol.